The first-order valence-corrected chi connectivity index (χ1v) is 8.61. The van der Waals surface area contributed by atoms with E-state index in [1.165, 1.54) is 24.2 Å². The lowest BCUT2D eigenvalue weighted by Crippen LogP contribution is -2.46. The number of rotatable bonds is 6. The summed E-state index contributed by atoms with van der Waals surface area (Å²) in [4.78, 5) is 45.3. The zero-order chi connectivity index (χ0) is 19.7. The van der Waals surface area contributed by atoms with Gasteiger partial charge >= 0.3 is 5.97 Å². The first-order valence-electron chi connectivity index (χ1n) is 7.73. The molecule has 2 aliphatic heterocycles. The van der Waals surface area contributed by atoms with Crippen molar-refractivity contribution in [3.8, 4) is 0 Å². The molecule has 1 aromatic heterocycles. The number of aromatic nitrogens is 1. The van der Waals surface area contributed by atoms with Gasteiger partial charge in [-0.3, -0.25) is 9.59 Å². The fraction of sp³-hybridized carbons (Fsp3) is 0.357. The summed E-state index contributed by atoms with van der Waals surface area (Å²) in [5.41, 5.74) is 5.77. The van der Waals surface area contributed by atoms with Crippen LogP contribution in [0, 0.1) is 0 Å². The number of nitrogens with one attached hydrogen (secondary N) is 2. The summed E-state index contributed by atoms with van der Waals surface area (Å²) in [6, 6.07) is -0.880. The third kappa shape index (κ3) is 3.29. The Balaban J connectivity index is 1.78. The van der Waals surface area contributed by atoms with Gasteiger partial charge in [0.05, 0.1) is 12.1 Å². The van der Waals surface area contributed by atoms with Crippen LogP contribution in [0.3, 0.4) is 0 Å². The van der Waals surface area contributed by atoms with E-state index in [0.717, 1.165) is 11.3 Å². The maximum atomic E-state index is 12.7. The van der Waals surface area contributed by atoms with Crippen LogP contribution in [0.4, 0.5) is 5.13 Å². The number of amides is 2. The maximum absolute atomic E-state index is 12.7. The van der Waals surface area contributed by atoms with Gasteiger partial charge in [0.2, 0.25) is 0 Å². The highest BCUT2D eigenvalue weighted by atomic mass is 32.1. The van der Waals surface area contributed by atoms with E-state index < -0.39 is 23.8 Å². The fourth-order valence-electron chi connectivity index (χ4n) is 2.88. The third-order valence-corrected chi connectivity index (χ3v) is 4.66. The molecule has 3 heterocycles. The molecule has 1 fully saturated rings. The lowest BCUT2D eigenvalue weighted by atomic mass is 10.2. The van der Waals surface area contributed by atoms with Crippen molar-refractivity contribution in [1.82, 2.24) is 25.6 Å². The van der Waals surface area contributed by atoms with Crippen LogP contribution in [0.1, 0.15) is 5.69 Å². The van der Waals surface area contributed by atoms with Crippen molar-refractivity contribution in [3.05, 3.63) is 22.5 Å². The fourth-order valence-corrected chi connectivity index (χ4v) is 3.43. The minimum absolute atomic E-state index is 0.0469. The van der Waals surface area contributed by atoms with E-state index in [0.29, 0.717) is 0 Å². The molecular weight excluding hydrogens is 378 g/mol. The molecule has 1 aromatic rings. The molecule has 0 bridgehead atoms. The lowest BCUT2D eigenvalue weighted by Gasteiger charge is -2.20. The van der Waals surface area contributed by atoms with Crippen LogP contribution in [0.2, 0.25) is 0 Å². The molecule has 0 aliphatic carbocycles. The van der Waals surface area contributed by atoms with E-state index in [-0.39, 0.29) is 41.0 Å². The molecule has 2 amide bonds. The summed E-state index contributed by atoms with van der Waals surface area (Å²) in [5, 5.41) is 22.8. The smallest absolute Gasteiger partial charge is 0.336 e. The van der Waals surface area contributed by atoms with Gasteiger partial charge in [0.15, 0.2) is 10.8 Å². The Hall–Kier alpha value is -3.19. The molecule has 2 aliphatic rings. The quantitative estimate of drug-likeness (QED) is 0.320. The topological polar surface area (TPSA) is 162 Å². The van der Waals surface area contributed by atoms with Crippen molar-refractivity contribution < 1.29 is 24.3 Å². The van der Waals surface area contributed by atoms with Gasteiger partial charge in [0.1, 0.15) is 24.7 Å². The van der Waals surface area contributed by atoms with Gasteiger partial charge in [-0.05, 0) is 0 Å². The average molecular weight is 395 g/mol. The molecular formula is C14H17N7O5S. The van der Waals surface area contributed by atoms with Gasteiger partial charge < -0.3 is 26.3 Å². The summed E-state index contributed by atoms with van der Waals surface area (Å²) < 4.78 is 0. The Morgan fingerprint density at radius 2 is 2.26 bits per heavy atom. The number of carboxylic acid groups (broad SMARTS) is 1. The summed E-state index contributed by atoms with van der Waals surface area (Å²) in [6.45, 7) is 0.164. The Kier molecular flexibility index (Phi) is 4.96. The second kappa shape index (κ2) is 7.20. The Morgan fingerprint density at radius 3 is 2.81 bits per heavy atom. The van der Waals surface area contributed by atoms with Crippen molar-refractivity contribution in [2.75, 3.05) is 33.0 Å². The summed E-state index contributed by atoms with van der Waals surface area (Å²) >= 11 is 1.14. The number of fused-ring (bicyclic) bond motifs is 1. The number of anilines is 1. The van der Waals surface area contributed by atoms with Crippen LogP contribution in [0.15, 0.2) is 21.9 Å². The van der Waals surface area contributed by atoms with Crippen LogP contribution < -0.4 is 16.4 Å². The average Bonchev–Trinajstić information content (AvgIpc) is 3.28. The summed E-state index contributed by atoms with van der Waals surface area (Å²) in [5.74, 6) is -2.05. The maximum Gasteiger partial charge on any atom is 0.336 e. The van der Waals surface area contributed by atoms with Crippen LogP contribution in [-0.4, -0.2) is 76.9 Å². The van der Waals surface area contributed by atoms with E-state index in [9.17, 15) is 19.5 Å². The molecule has 13 heteroatoms. The monoisotopic (exact) mass is 395 g/mol. The number of carbonyl (C=O) groups excluding carboxylic acids is 2. The number of hydrazine groups is 1. The normalized spacial score (nSPS) is 20.1. The first kappa shape index (κ1) is 18.6. The van der Waals surface area contributed by atoms with Crippen LogP contribution in [0.5, 0.6) is 0 Å². The third-order valence-electron chi connectivity index (χ3n) is 3.98. The van der Waals surface area contributed by atoms with Crippen LogP contribution in [0.25, 0.3) is 0 Å². The standard InChI is InChI=1S/C14H17N7O5S/c1-16-10-6(13(24)25)3-20-4-7(12(23)21(10)20)17-11(22)9(19-26-2)8-5-27-14(15)18-8/h5,7,16H,3-4H2,1-2H3,(H2,15,18)(H,17,22)(H,24,25)/b19-9-/t7-/m0/s1. The van der Waals surface area contributed by atoms with Crippen molar-refractivity contribution in [1.29, 1.82) is 0 Å². The molecule has 5 N–H and O–H groups in total. The van der Waals surface area contributed by atoms with Gasteiger partial charge in [-0.25, -0.2) is 19.8 Å². The number of aliphatic carboxylic acids is 1. The first-order chi connectivity index (χ1) is 12.9. The van der Waals surface area contributed by atoms with Crippen molar-refractivity contribution in [3.63, 3.8) is 0 Å². The molecule has 1 atom stereocenters. The van der Waals surface area contributed by atoms with E-state index in [1.54, 1.807) is 5.38 Å². The van der Waals surface area contributed by atoms with Crippen molar-refractivity contribution >= 4 is 40.0 Å². The number of nitrogen functional groups attached to an aromatic ring is 1. The van der Waals surface area contributed by atoms with Gasteiger partial charge in [-0.15, -0.1) is 11.3 Å². The predicted octanol–water partition coefficient (Wildman–Crippen LogP) is -1.85. The summed E-state index contributed by atoms with van der Waals surface area (Å²) in [7, 11) is 2.81. The lowest BCUT2D eigenvalue weighted by molar-refractivity contribution is -0.135. The minimum atomic E-state index is -1.11. The second-order valence-electron chi connectivity index (χ2n) is 5.60. The highest BCUT2D eigenvalue weighted by molar-refractivity contribution is 7.13. The Bertz CT molecular complexity index is 864. The van der Waals surface area contributed by atoms with E-state index in [4.69, 9.17) is 10.6 Å². The van der Waals surface area contributed by atoms with E-state index in [2.05, 4.69) is 20.8 Å². The number of oxime groups is 1. The van der Waals surface area contributed by atoms with Gasteiger partial charge in [-0.2, -0.15) is 0 Å². The molecule has 12 nitrogen and oxygen atoms in total. The highest BCUT2D eigenvalue weighted by Gasteiger charge is 2.47. The molecule has 0 unspecified atom stereocenters. The second-order valence-corrected chi connectivity index (χ2v) is 6.49. The van der Waals surface area contributed by atoms with Crippen molar-refractivity contribution in [2.45, 2.75) is 6.04 Å². The number of hydrogen-bond acceptors (Lipinski definition) is 10. The van der Waals surface area contributed by atoms with Crippen molar-refractivity contribution in [2.24, 2.45) is 5.16 Å². The molecule has 27 heavy (non-hydrogen) atoms. The van der Waals surface area contributed by atoms with Gasteiger partial charge in [0, 0.05) is 19.0 Å². The molecule has 1 saturated heterocycles. The largest absolute Gasteiger partial charge is 0.478 e. The molecule has 0 saturated carbocycles. The molecule has 3 rings (SSSR count). The molecule has 0 aromatic carbocycles. The van der Waals surface area contributed by atoms with E-state index >= 15 is 0 Å². The van der Waals surface area contributed by atoms with Gasteiger partial charge in [0.25, 0.3) is 11.8 Å². The Labute approximate surface area is 157 Å². The molecule has 0 radical (unpaired) electrons. The SMILES string of the molecule is CNC1=C(C(=O)O)CN2C[C@H](NC(=O)/C(=N\OC)c3csc(N)n3)C(=O)N12. The number of carboxylic acids is 1. The number of thiazole rings is 1. The zero-order valence-corrected chi connectivity index (χ0v) is 15.2. The van der Waals surface area contributed by atoms with E-state index in [1.807, 2.05) is 0 Å². The van der Waals surface area contributed by atoms with Gasteiger partial charge in [-0.1, -0.05) is 5.16 Å². The molecule has 0 spiro atoms. The number of carbonyl (C=O) groups is 3. The highest BCUT2D eigenvalue weighted by Crippen LogP contribution is 2.27. The zero-order valence-electron chi connectivity index (χ0n) is 14.4. The number of hydrogen-bond donors (Lipinski definition) is 4. The number of nitrogens with zero attached hydrogens (tertiary/aromatic N) is 4. The predicted molar refractivity (Wildman–Crippen MR) is 94.1 cm³/mol. The molecule has 144 valence electrons. The Morgan fingerprint density at radius 1 is 1.52 bits per heavy atom. The number of nitrogens with two attached hydrogens (primary N) is 1. The van der Waals surface area contributed by atoms with Crippen LogP contribution in [-0.2, 0) is 19.2 Å². The minimum Gasteiger partial charge on any atom is -0.478 e. The van der Waals surface area contributed by atoms with Crippen LogP contribution >= 0.6 is 11.3 Å². The summed E-state index contributed by atoms with van der Waals surface area (Å²) in [6.07, 6.45) is 0.